The molecule has 1 aromatic heterocycles. The summed E-state index contributed by atoms with van der Waals surface area (Å²) in [5.41, 5.74) is 1.07. The van der Waals surface area contributed by atoms with Crippen LogP contribution in [0.2, 0.25) is 0 Å². The second-order valence-corrected chi connectivity index (χ2v) is 6.93. The van der Waals surface area contributed by atoms with Gasteiger partial charge in [-0.1, -0.05) is 44.2 Å². The van der Waals surface area contributed by atoms with Crippen molar-refractivity contribution < 1.29 is 13.2 Å². The number of rotatable bonds is 7. The van der Waals surface area contributed by atoms with E-state index >= 15 is 0 Å². The number of hydrogen-bond acceptors (Lipinski definition) is 3. The van der Waals surface area contributed by atoms with Crippen molar-refractivity contribution in [1.82, 2.24) is 19.2 Å². The van der Waals surface area contributed by atoms with Gasteiger partial charge >= 0.3 is 6.18 Å². The third-order valence-corrected chi connectivity index (χ3v) is 4.08. The first-order chi connectivity index (χ1) is 11.7. The van der Waals surface area contributed by atoms with E-state index in [4.69, 9.17) is 12.2 Å². The molecule has 0 unspecified atom stereocenters. The molecule has 0 aliphatic rings. The Labute approximate surface area is 150 Å². The lowest BCUT2D eigenvalue weighted by Gasteiger charge is -2.25. The quantitative estimate of drug-likeness (QED) is 0.680. The highest BCUT2D eigenvalue weighted by atomic mass is 32.1. The molecule has 0 aliphatic carbocycles. The molecule has 0 N–H and O–H groups in total. The molecular weight excluding hydrogens is 349 g/mol. The van der Waals surface area contributed by atoms with Crippen molar-refractivity contribution in [3.63, 3.8) is 0 Å². The van der Waals surface area contributed by atoms with Crippen molar-refractivity contribution in [3.8, 4) is 0 Å². The van der Waals surface area contributed by atoms with Gasteiger partial charge in [0.1, 0.15) is 5.82 Å². The highest BCUT2D eigenvalue weighted by Gasteiger charge is 2.31. The number of benzene rings is 1. The van der Waals surface area contributed by atoms with Gasteiger partial charge < -0.3 is 0 Å². The normalized spacial score (nSPS) is 12.3. The predicted molar refractivity (Wildman–Crippen MR) is 93.8 cm³/mol. The summed E-state index contributed by atoms with van der Waals surface area (Å²) in [7, 11) is 0. The molecule has 0 amide bonds. The smallest absolute Gasteiger partial charge is 0.300 e. The molecule has 2 aromatic rings. The molecule has 0 saturated carbocycles. The molecule has 0 aliphatic heterocycles. The Morgan fingerprint density at radius 3 is 2.40 bits per heavy atom. The molecule has 0 bridgehead atoms. The maximum atomic E-state index is 12.8. The molecule has 1 aromatic carbocycles. The number of aryl methyl sites for hydroxylation is 1. The minimum atomic E-state index is -4.25. The van der Waals surface area contributed by atoms with E-state index in [2.05, 4.69) is 5.10 Å². The zero-order valence-corrected chi connectivity index (χ0v) is 15.4. The standard InChI is InChI=1S/C17H23F3N4S/c1-13(2)9-22(11-17(18,19)20)12-24-16(25)23(14(3)21-24)10-15-7-5-4-6-8-15/h4-8,13H,9-12H2,1-3H3. The van der Waals surface area contributed by atoms with E-state index in [0.717, 1.165) is 5.56 Å². The largest absolute Gasteiger partial charge is 0.401 e. The number of aromatic nitrogens is 3. The van der Waals surface area contributed by atoms with Crippen molar-refractivity contribution >= 4 is 12.2 Å². The summed E-state index contributed by atoms with van der Waals surface area (Å²) < 4.78 is 42.2. The van der Waals surface area contributed by atoms with Crippen molar-refractivity contribution in [3.05, 3.63) is 46.5 Å². The van der Waals surface area contributed by atoms with Gasteiger partial charge in [0.25, 0.3) is 0 Å². The summed E-state index contributed by atoms with van der Waals surface area (Å²) in [4.78, 5) is 1.33. The van der Waals surface area contributed by atoms with Gasteiger partial charge in [0.2, 0.25) is 0 Å². The van der Waals surface area contributed by atoms with Crippen molar-refractivity contribution in [1.29, 1.82) is 0 Å². The Balaban J connectivity index is 2.21. The van der Waals surface area contributed by atoms with Crippen LogP contribution < -0.4 is 0 Å². The molecule has 4 nitrogen and oxygen atoms in total. The Bertz CT molecular complexity index is 735. The van der Waals surface area contributed by atoms with Crippen LogP contribution in [0.3, 0.4) is 0 Å². The van der Waals surface area contributed by atoms with Gasteiger partial charge in [-0.3, -0.25) is 9.47 Å². The van der Waals surface area contributed by atoms with Crippen molar-refractivity contribution in [2.75, 3.05) is 13.1 Å². The third kappa shape index (κ3) is 5.97. The molecular formula is C17H23F3N4S. The summed E-state index contributed by atoms with van der Waals surface area (Å²) >= 11 is 5.44. The van der Waals surface area contributed by atoms with Gasteiger partial charge in [0.05, 0.1) is 19.8 Å². The van der Waals surface area contributed by atoms with Crippen LogP contribution >= 0.6 is 12.2 Å². The zero-order valence-electron chi connectivity index (χ0n) is 14.6. The highest BCUT2D eigenvalue weighted by molar-refractivity contribution is 7.71. The van der Waals surface area contributed by atoms with Crippen LogP contribution in [0.5, 0.6) is 0 Å². The molecule has 25 heavy (non-hydrogen) atoms. The number of hydrogen-bond donors (Lipinski definition) is 0. The zero-order chi connectivity index (χ0) is 18.6. The van der Waals surface area contributed by atoms with Crippen LogP contribution in [0, 0.1) is 17.6 Å². The van der Waals surface area contributed by atoms with Crippen LogP contribution in [0.25, 0.3) is 0 Å². The van der Waals surface area contributed by atoms with Crippen LogP contribution in [0.15, 0.2) is 30.3 Å². The first-order valence-electron chi connectivity index (χ1n) is 8.13. The molecule has 2 rings (SSSR count). The second kappa shape index (κ2) is 8.14. The fourth-order valence-electron chi connectivity index (χ4n) is 2.72. The lowest BCUT2D eigenvalue weighted by Crippen LogP contribution is -2.38. The van der Waals surface area contributed by atoms with Gasteiger partial charge in [-0.05, 0) is 30.6 Å². The third-order valence-electron chi connectivity index (χ3n) is 3.65. The lowest BCUT2D eigenvalue weighted by molar-refractivity contribution is -0.151. The first kappa shape index (κ1) is 19.7. The van der Waals surface area contributed by atoms with E-state index in [1.54, 1.807) is 0 Å². The summed E-state index contributed by atoms with van der Waals surface area (Å²) in [6.45, 7) is 5.52. The maximum Gasteiger partial charge on any atom is 0.401 e. The number of halogens is 3. The Morgan fingerprint density at radius 2 is 1.84 bits per heavy atom. The predicted octanol–water partition coefficient (Wildman–Crippen LogP) is 4.25. The van der Waals surface area contributed by atoms with Gasteiger partial charge in [0.15, 0.2) is 4.77 Å². The van der Waals surface area contributed by atoms with E-state index < -0.39 is 12.7 Å². The molecule has 1 heterocycles. The van der Waals surface area contributed by atoms with Gasteiger partial charge in [-0.15, -0.1) is 0 Å². The summed E-state index contributed by atoms with van der Waals surface area (Å²) in [6.07, 6.45) is -4.25. The van der Waals surface area contributed by atoms with Gasteiger partial charge in [-0.2, -0.15) is 18.3 Å². The molecule has 0 spiro atoms. The summed E-state index contributed by atoms with van der Waals surface area (Å²) in [6, 6.07) is 9.76. The lowest BCUT2D eigenvalue weighted by atomic mass is 10.2. The fourth-order valence-corrected chi connectivity index (χ4v) is 3.02. The summed E-state index contributed by atoms with van der Waals surface area (Å²) in [5.74, 6) is 0.800. The molecule has 0 radical (unpaired) electrons. The molecule has 0 fully saturated rings. The van der Waals surface area contributed by atoms with Crippen LogP contribution in [-0.4, -0.2) is 38.5 Å². The molecule has 138 valence electrons. The minimum absolute atomic E-state index is 0.0269. The first-order valence-corrected chi connectivity index (χ1v) is 8.54. The molecule has 0 saturated heterocycles. The second-order valence-electron chi connectivity index (χ2n) is 6.56. The summed E-state index contributed by atoms with van der Waals surface area (Å²) in [5, 5.41) is 4.35. The van der Waals surface area contributed by atoms with E-state index in [0.29, 0.717) is 23.7 Å². The monoisotopic (exact) mass is 372 g/mol. The average Bonchev–Trinajstić information content (AvgIpc) is 2.73. The van der Waals surface area contributed by atoms with Crippen LogP contribution in [0.4, 0.5) is 13.2 Å². The minimum Gasteiger partial charge on any atom is -0.300 e. The van der Waals surface area contributed by atoms with Gasteiger partial charge in [-0.25, -0.2) is 4.68 Å². The van der Waals surface area contributed by atoms with Crippen LogP contribution in [-0.2, 0) is 13.2 Å². The number of nitrogens with zero attached hydrogens (tertiary/aromatic N) is 4. The van der Waals surface area contributed by atoms with Crippen LogP contribution in [0.1, 0.15) is 25.2 Å². The van der Waals surface area contributed by atoms with E-state index in [1.165, 1.54) is 9.58 Å². The SMILES string of the molecule is Cc1nn(CN(CC(C)C)CC(F)(F)F)c(=S)n1Cc1ccccc1. The Morgan fingerprint density at radius 1 is 1.20 bits per heavy atom. The fraction of sp³-hybridized carbons (Fsp3) is 0.529. The molecule has 8 heteroatoms. The Hall–Kier alpha value is -1.67. The molecule has 0 atom stereocenters. The Kier molecular flexibility index (Phi) is 6.40. The maximum absolute atomic E-state index is 12.8. The highest BCUT2D eigenvalue weighted by Crippen LogP contribution is 2.18. The van der Waals surface area contributed by atoms with Crippen molar-refractivity contribution in [2.24, 2.45) is 5.92 Å². The van der Waals surface area contributed by atoms with Crippen molar-refractivity contribution in [2.45, 2.75) is 40.2 Å². The van der Waals surface area contributed by atoms with Gasteiger partial charge in [0, 0.05) is 6.54 Å². The average molecular weight is 372 g/mol. The van der Waals surface area contributed by atoms with E-state index in [-0.39, 0.29) is 12.6 Å². The van der Waals surface area contributed by atoms with E-state index in [9.17, 15) is 13.2 Å². The topological polar surface area (TPSA) is 26.0 Å². The van der Waals surface area contributed by atoms with E-state index in [1.807, 2.05) is 55.7 Å². The number of alkyl halides is 3.